The van der Waals surface area contributed by atoms with E-state index in [0.29, 0.717) is 17.4 Å². The van der Waals surface area contributed by atoms with Crippen molar-refractivity contribution in [2.45, 2.75) is 6.42 Å². The van der Waals surface area contributed by atoms with Crippen molar-refractivity contribution in [1.29, 1.82) is 0 Å². The summed E-state index contributed by atoms with van der Waals surface area (Å²) in [7, 11) is 0. The SMILES string of the molecule is O=C(NN1C(=O)[C@@H]2[C@H]3C=C[C@@H]([C@@H]4C[C@@H]34)[C@H]2C1=O)c1ccncc1. The van der Waals surface area contributed by atoms with E-state index in [9.17, 15) is 14.4 Å². The Bertz CT molecular complexity index is 724. The Hall–Kier alpha value is -2.50. The molecule has 1 aromatic heterocycles. The standard InChI is InChI=1S/C17H15N3O3/c21-15(8-3-5-18-6-4-8)19-20-16(22)13-9-1-2-10(12-7-11(9)12)14(13)17(20)23/h1-6,9-14H,7H2,(H,19,21)/t9-,10-,11-,12-,13+,14+/m0/s1. The van der Waals surface area contributed by atoms with Crippen molar-refractivity contribution in [3.8, 4) is 0 Å². The van der Waals surface area contributed by atoms with Crippen LogP contribution in [-0.4, -0.2) is 27.7 Å². The molecule has 1 aromatic rings. The highest BCUT2D eigenvalue weighted by molar-refractivity contribution is 6.08. The van der Waals surface area contributed by atoms with Crippen LogP contribution in [0.3, 0.4) is 0 Å². The summed E-state index contributed by atoms with van der Waals surface area (Å²) in [6, 6.07) is 3.10. The second-order valence-corrected chi connectivity index (χ2v) is 6.84. The molecule has 3 amide bonds. The molecule has 1 aliphatic heterocycles. The summed E-state index contributed by atoms with van der Waals surface area (Å²) < 4.78 is 0. The normalized spacial score (nSPS) is 39.2. The van der Waals surface area contributed by atoms with Gasteiger partial charge in [-0.3, -0.25) is 24.8 Å². The zero-order valence-electron chi connectivity index (χ0n) is 12.3. The van der Waals surface area contributed by atoms with Gasteiger partial charge < -0.3 is 0 Å². The summed E-state index contributed by atoms with van der Waals surface area (Å²) >= 11 is 0. The van der Waals surface area contributed by atoms with Crippen LogP contribution in [0.15, 0.2) is 36.7 Å². The summed E-state index contributed by atoms with van der Waals surface area (Å²) in [5, 5.41) is 0.954. The minimum atomic E-state index is -0.460. The van der Waals surface area contributed by atoms with Gasteiger partial charge in [0.15, 0.2) is 0 Å². The molecule has 6 nitrogen and oxygen atoms in total. The van der Waals surface area contributed by atoms with Gasteiger partial charge in [-0.2, -0.15) is 5.01 Å². The molecule has 0 spiro atoms. The summed E-state index contributed by atoms with van der Waals surface area (Å²) in [4.78, 5) is 41.5. The molecule has 6 heteroatoms. The Morgan fingerprint density at radius 1 is 1.04 bits per heavy atom. The second kappa shape index (κ2) is 4.28. The van der Waals surface area contributed by atoms with Crippen molar-refractivity contribution < 1.29 is 14.4 Å². The molecule has 2 saturated carbocycles. The number of imide groups is 1. The number of hydrazine groups is 1. The van der Waals surface area contributed by atoms with E-state index >= 15 is 0 Å². The smallest absolute Gasteiger partial charge is 0.270 e. The molecule has 0 aromatic carbocycles. The molecule has 5 aliphatic rings. The summed E-state index contributed by atoms with van der Waals surface area (Å²) in [5.74, 6) is -0.128. The van der Waals surface area contributed by atoms with Crippen molar-refractivity contribution in [3.05, 3.63) is 42.2 Å². The third kappa shape index (κ3) is 1.63. The van der Waals surface area contributed by atoms with Crippen molar-refractivity contribution in [2.75, 3.05) is 0 Å². The number of carbonyl (C=O) groups is 3. The number of allylic oxidation sites excluding steroid dienone is 2. The van der Waals surface area contributed by atoms with E-state index in [1.807, 2.05) is 0 Å². The van der Waals surface area contributed by atoms with Gasteiger partial charge in [0.1, 0.15) is 0 Å². The van der Waals surface area contributed by atoms with Crippen LogP contribution in [0.1, 0.15) is 16.8 Å². The van der Waals surface area contributed by atoms with E-state index in [4.69, 9.17) is 0 Å². The Balaban J connectivity index is 1.42. The number of nitrogens with zero attached hydrogens (tertiary/aromatic N) is 2. The third-order valence-electron chi connectivity index (χ3n) is 5.82. The number of carbonyl (C=O) groups excluding carboxylic acids is 3. The van der Waals surface area contributed by atoms with Gasteiger partial charge in [-0.15, -0.1) is 0 Å². The van der Waals surface area contributed by atoms with Gasteiger partial charge in [0.25, 0.3) is 17.7 Å². The predicted octanol–water partition coefficient (Wildman–Crippen LogP) is 0.779. The van der Waals surface area contributed by atoms with Crippen LogP contribution < -0.4 is 5.43 Å². The molecule has 3 fully saturated rings. The zero-order valence-corrected chi connectivity index (χ0v) is 12.3. The number of amides is 3. The third-order valence-corrected chi connectivity index (χ3v) is 5.82. The topological polar surface area (TPSA) is 79.4 Å². The lowest BCUT2D eigenvalue weighted by Gasteiger charge is -2.37. The van der Waals surface area contributed by atoms with Crippen molar-refractivity contribution in [2.24, 2.45) is 35.5 Å². The number of hydrogen-bond donors (Lipinski definition) is 1. The van der Waals surface area contributed by atoms with Gasteiger partial charge in [0, 0.05) is 18.0 Å². The lowest BCUT2D eigenvalue weighted by molar-refractivity contribution is -0.143. The van der Waals surface area contributed by atoms with Gasteiger partial charge in [-0.25, -0.2) is 0 Å². The lowest BCUT2D eigenvalue weighted by atomic mass is 9.63. The van der Waals surface area contributed by atoms with Crippen LogP contribution in [0.25, 0.3) is 0 Å². The van der Waals surface area contributed by atoms with E-state index in [1.165, 1.54) is 12.4 Å². The minimum Gasteiger partial charge on any atom is -0.272 e. The van der Waals surface area contributed by atoms with E-state index in [0.717, 1.165) is 11.4 Å². The summed E-state index contributed by atoms with van der Waals surface area (Å²) in [6.45, 7) is 0. The quantitative estimate of drug-likeness (QED) is 0.647. The Morgan fingerprint density at radius 2 is 1.61 bits per heavy atom. The molecular weight excluding hydrogens is 294 g/mol. The Morgan fingerprint density at radius 3 is 2.17 bits per heavy atom. The van der Waals surface area contributed by atoms with Gasteiger partial charge >= 0.3 is 0 Å². The molecule has 0 radical (unpaired) electrons. The molecule has 2 bridgehead atoms. The molecule has 6 rings (SSSR count). The highest BCUT2D eigenvalue weighted by atomic mass is 16.2. The molecule has 2 heterocycles. The van der Waals surface area contributed by atoms with E-state index < -0.39 is 5.91 Å². The molecule has 1 saturated heterocycles. The lowest BCUT2D eigenvalue weighted by Crippen LogP contribution is -2.46. The van der Waals surface area contributed by atoms with Gasteiger partial charge in [0.2, 0.25) is 0 Å². The van der Waals surface area contributed by atoms with Crippen molar-refractivity contribution in [3.63, 3.8) is 0 Å². The van der Waals surface area contributed by atoms with Gasteiger partial charge in [-0.1, -0.05) is 12.2 Å². The molecule has 6 atom stereocenters. The van der Waals surface area contributed by atoms with Crippen LogP contribution in [-0.2, 0) is 9.59 Å². The fourth-order valence-corrected chi connectivity index (χ4v) is 4.74. The monoisotopic (exact) mass is 309 g/mol. The van der Waals surface area contributed by atoms with Crippen LogP contribution in [0.5, 0.6) is 0 Å². The largest absolute Gasteiger partial charge is 0.272 e. The average Bonchev–Trinajstić information content (AvgIpc) is 3.37. The number of aromatic nitrogens is 1. The second-order valence-electron chi connectivity index (χ2n) is 6.84. The summed E-state index contributed by atoms with van der Waals surface area (Å²) in [6.07, 6.45) is 8.35. The molecule has 0 unspecified atom stereocenters. The number of hydrogen-bond acceptors (Lipinski definition) is 4. The number of pyridine rings is 1. The van der Waals surface area contributed by atoms with Gasteiger partial charge in [0.05, 0.1) is 11.8 Å². The molecule has 23 heavy (non-hydrogen) atoms. The van der Waals surface area contributed by atoms with Crippen molar-refractivity contribution in [1.82, 2.24) is 15.4 Å². The molecular formula is C17H15N3O3. The molecule has 1 N–H and O–H groups in total. The van der Waals surface area contributed by atoms with E-state index in [2.05, 4.69) is 22.6 Å². The Kier molecular flexibility index (Phi) is 2.42. The fraction of sp³-hybridized carbons (Fsp3) is 0.412. The zero-order chi connectivity index (χ0) is 15.7. The average molecular weight is 309 g/mol. The highest BCUT2D eigenvalue weighted by Gasteiger charge is 2.67. The summed E-state index contributed by atoms with van der Waals surface area (Å²) in [5.41, 5.74) is 2.86. The maximum Gasteiger partial charge on any atom is 0.270 e. The predicted molar refractivity (Wildman–Crippen MR) is 78.3 cm³/mol. The number of nitrogens with one attached hydrogen (secondary N) is 1. The first-order chi connectivity index (χ1) is 11.2. The number of rotatable bonds is 2. The van der Waals surface area contributed by atoms with Crippen LogP contribution in [0, 0.1) is 35.5 Å². The first-order valence-corrected chi connectivity index (χ1v) is 7.94. The van der Waals surface area contributed by atoms with Crippen LogP contribution >= 0.6 is 0 Å². The van der Waals surface area contributed by atoms with Crippen LogP contribution in [0.4, 0.5) is 0 Å². The molecule has 4 aliphatic carbocycles. The first-order valence-electron chi connectivity index (χ1n) is 7.94. The maximum absolute atomic E-state index is 12.7. The van der Waals surface area contributed by atoms with E-state index in [1.54, 1.807) is 12.1 Å². The van der Waals surface area contributed by atoms with Gasteiger partial charge in [-0.05, 0) is 42.2 Å². The van der Waals surface area contributed by atoms with E-state index in [-0.39, 0.29) is 35.5 Å². The fourth-order valence-electron chi connectivity index (χ4n) is 4.74. The first kappa shape index (κ1) is 13.0. The molecule has 116 valence electrons. The minimum absolute atomic E-state index is 0.161. The maximum atomic E-state index is 12.7. The Labute approximate surface area is 132 Å². The highest BCUT2D eigenvalue weighted by Crippen LogP contribution is 2.65. The van der Waals surface area contributed by atoms with Crippen molar-refractivity contribution >= 4 is 17.7 Å². The van der Waals surface area contributed by atoms with Crippen LogP contribution in [0.2, 0.25) is 0 Å².